The van der Waals surface area contributed by atoms with Crippen LogP contribution in [0.2, 0.25) is 5.02 Å². The minimum atomic E-state index is -0.599. The van der Waals surface area contributed by atoms with Crippen LogP contribution in [0.3, 0.4) is 0 Å². The summed E-state index contributed by atoms with van der Waals surface area (Å²) in [6, 6.07) is 16.5. The lowest BCUT2D eigenvalue weighted by atomic mass is 10.1. The Hall–Kier alpha value is -3.12. The van der Waals surface area contributed by atoms with Crippen LogP contribution in [0.25, 0.3) is 5.69 Å². The Balaban J connectivity index is 1.68. The van der Waals surface area contributed by atoms with E-state index in [2.05, 4.69) is 5.10 Å². The van der Waals surface area contributed by atoms with Crippen molar-refractivity contribution in [3.05, 3.63) is 76.6 Å². The molecule has 0 saturated heterocycles. The molecule has 0 unspecified atom stereocenters. The number of para-hydroxylation sites is 1. The Morgan fingerprint density at radius 1 is 1.10 bits per heavy atom. The second-order valence-electron chi connectivity index (χ2n) is 6.65. The monoisotopic (exact) mass is 411 g/mol. The van der Waals surface area contributed by atoms with Crippen molar-refractivity contribution in [2.24, 2.45) is 0 Å². The molecule has 0 N–H and O–H groups in total. The number of carbonyl (C=O) groups is 2. The SMILES string of the molecule is Cc1nn(-c2ccccc2)c(C)c1C(=O)C(=O)N(C)CCOc1cccc(Cl)c1. The maximum absolute atomic E-state index is 12.8. The molecule has 29 heavy (non-hydrogen) atoms. The summed E-state index contributed by atoms with van der Waals surface area (Å²) in [4.78, 5) is 26.9. The molecule has 0 bridgehead atoms. The number of Topliss-reactive ketones (excluding diaryl/α,β-unsaturated/α-hetero) is 1. The van der Waals surface area contributed by atoms with E-state index in [4.69, 9.17) is 16.3 Å². The third-order valence-electron chi connectivity index (χ3n) is 4.55. The highest BCUT2D eigenvalue weighted by Crippen LogP contribution is 2.19. The summed E-state index contributed by atoms with van der Waals surface area (Å²) < 4.78 is 7.28. The second-order valence-corrected chi connectivity index (χ2v) is 7.09. The van der Waals surface area contributed by atoms with Gasteiger partial charge in [0.25, 0.3) is 11.7 Å². The Bertz CT molecular complexity index is 1030. The summed E-state index contributed by atoms with van der Waals surface area (Å²) in [7, 11) is 1.58. The standard InChI is InChI=1S/C22H22ClN3O3/c1-15-20(16(2)26(24-15)18-9-5-4-6-10-18)21(27)22(28)25(3)12-13-29-19-11-7-8-17(23)14-19/h4-11,14H,12-13H2,1-3H3. The molecular formula is C22H22ClN3O3. The number of benzene rings is 2. The zero-order valence-corrected chi connectivity index (χ0v) is 17.3. The Kier molecular flexibility index (Phi) is 6.34. The number of ketones is 1. The lowest BCUT2D eigenvalue weighted by Crippen LogP contribution is -2.36. The molecule has 1 aromatic heterocycles. The molecule has 2 aromatic carbocycles. The molecule has 3 rings (SSSR count). The highest BCUT2D eigenvalue weighted by Gasteiger charge is 2.27. The van der Waals surface area contributed by atoms with Gasteiger partial charge in [-0.15, -0.1) is 0 Å². The van der Waals surface area contributed by atoms with E-state index < -0.39 is 11.7 Å². The number of nitrogens with zero attached hydrogens (tertiary/aromatic N) is 3. The number of carbonyl (C=O) groups excluding carboxylic acids is 2. The quantitative estimate of drug-likeness (QED) is 0.437. The number of likely N-dealkylation sites (N-methyl/N-ethyl adjacent to an activating group) is 1. The maximum atomic E-state index is 12.8. The van der Waals surface area contributed by atoms with Crippen molar-refractivity contribution in [1.82, 2.24) is 14.7 Å². The van der Waals surface area contributed by atoms with Crippen LogP contribution in [0, 0.1) is 13.8 Å². The van der Waals surface area contributed by atoms with Crippen LogP contribution in [0.15, 0.2) is 54.6 Å². The molecule has 0 aliphatic rings. The number of amides is 1. The van der Waals surface area contributed by atoms with E-state index in [1.807, 2.05) is 30.3 Å². The van der Waals surface area contributed by atoms with E-state index in [0.717, 1.165) is 5.69 Å². The van der Waals surface area contributed by atoms with Crippen molar-refractivity contribution in [3.8, 4) is 11.4 Å². The van der Waals surface area contributed by atoms with Gasteiger partial charge in [0.2, 0.25) is 0 Å². The summed E-state index contributed by atoms with van der Waals surface area (Å²) in [5.74, 6) is -0.563. The molecule has 1 heterocycles. The maximum Gasteiger partial charge on any atom is 0.294 e. The van der Waals surface area contributed by atoms with Crippen LogP contribution < -0.4 is 4.74 Å². The van der Waals surface area contributed by atoms with Crippen molar-refractivity contribution in [2.45, 2.75) is 13.8 Å². The molecule has 0 saturated carbocycles. The summed E-state index contributed by atoms with van der Waals surface area (Å²) in [6.45, 7) is 4.03. The number of halogens is 1. The van der Waals surface area contributed by atoms with Gasteiger partial charge >= 0.3 is 0 Å². The van der Waals surface area contributed by atoms with Crippen molar-refractivity contribution in [1.29, 1.82) is 0 Å². The van der Waals surface area contributed by atoms with Crippen LogP contribution in [0.1, 0.15) is 21.7 Å². The molecule has 3 aromatic rings. The predicted molar refractivity (Wildman–Crippen MR) is 112 cm³/mol. The zero-order valence-electron chi connectivity index (χ0n) is 16.6. The van der Waals surface area contributed by atoms with E-state index in [1.54, 1.807) is 49.8 Å². The van der Waals surface area contributed by atoms with Gasteiger partial charge in [0.1, 0.15) is 12.4 Å². The van der Waals surface area contributed by atoms with E-state index in [-0.39, 0.29) is 13.2 Å². The molecule has 0 aliphatic carbocycles. The molecule has 1 amide bonds. The highest BCUT2D eigenvalue weighted by atomic mass is 35.5. The third-order valence-corrected chi connectivity index (χ3v) is 4.79. The smallest absolute Gasteiger partial charge is 0.294 e. The zero-order chi connectivity index (χ0) is 21.0. The Morgan fingerprint density at radius 3 is 2.52 bits per heavy atom. The predicted octanol–water partition coefficient (Wildman–Crippen LogP) is 3.86. The topological polar surface area (TPSA) is 64.4 Å². The molecule has 7 heteroatoms. The van der Waals surface area contributed by atoms with E-state index >= 15 is 0 Å². The van der Waals surface area contributed by atoms with Gasteiger partial charge in [0.05, 0.1) is 29.2 Å². The fraction of sp³-hybridized carbons (Fsp3) is 0.227. The van der Waals surface area contributed by atoms with Crippen LogP contribution in [-0.4, -0.2) is 46.6 Å². The van der Waals surface area contributed by atoms with Crippen LogP contribution in [0.5, 0.6) is 5.75 Å². The first kappa shape index (κ1) is 20.6. The normalized spacial score (nSPS) is 10.6. The van der Waals surface area contributed by atoms with Gasteiger partial charge in [-0.25, -0.2) is 4.68 Å². The van der Waals surface area contributed by atoms with Crippen molar-refractivity contribution in [3.63, 3.8) is 0 Å². The van der Waals surface area contributed by atoms with Gasteiger partial charge in [-0.3, -0.25) is 9.59 Å². The number of hydrogen-bond donors (Lipinski definition) is 0. The van der Waals surface area contributed by atoms with Crippen molar-refractivity contribution in [2.75, 3.05) is 20.2 Å². The molecule has 6 nitrogen and oxygen atoms in total. The first-order chi connectivity index (χ1) is 13.9. The van der Waals surface area contributed by atoms with E-state index in [9.17, 15) is 9.59 Å². The first-order valence-electron chi connectivity index (χ1n) is 9.18. The molecule has 0 fully saturated rings. The fourth-order valence-corrected chi connectivity index (χ4v) is 3.21. The van der Waals surface area contributed by atoms with Gasteiger partial charge in [0, 0.05) is 12.1 Å². The Morgan fingerprint density at radius 2 is 1.83 bits per heavy atom. The fourth-order valence-electron chi connectivity index (χ4n) is 3.03. The average Bonchev–Trinajstić information content (AvgIpc) is 3.01. The van der Waals surface area contributed by atoms with Crippen LogP contribution in [-0.2, 0) is 4.79 Å². The minimum absolute atomic E-state index is 0.247. The summed E-state index contributed by atoms with van der Waals surface area (Å²) >= 11 is 5.92. The summed E-state index contributed by atoms with van der Waals surface area (Å²) in [5.41, 5.74) is 2.33. The lowest BCUT2D eigenvalue weighted by molar-refractivity contribution is -0.125. The summed E-state index contributed by atoms with van der Waals surface area (Å²) in [6.07, 6.45) is 0. The van der Waals surface area contributed by atoms with Gasteiger partial charge in [-0.1, -0.05) is 35.9 Å². The van der Waals surface area contributed by atoms with Crippen molar-refractivity contribution >= 4 is 23.3 Å². The number of hydrogen-bond acceptors (Lipinski definition) is 4. The molecule has 0 atom stereocenters. The van der Waals surface area contributed by atoms with E-state index in [1.165, 1.54) is 4.90 Å². The van der Waals surface area contributed by atoms with Crippen molar-refractivity contribution < 1.29 is 14.3 Å². The van der Waals surface area contributed by atoms with E-state index in [0.29, 0.717) is 27.7 Å². The van der Waals surface area contributed by atoms with Gasteiger partial charge < -0.3 is 9.64 Å². The summed E-state index contributed by atoms with van der Waals surface area (Å²) in [5, 5.41) is 5.01. The molecule has 150 valence electrons. The lowest BCUT2D eigenvalue weighted by Gasteiger charge is -2.17. The van der Waals surface area contributed by atoms with Gasteiger partial charge in [-0.05, 0) is 44.2 Å². The minimum Gasteiger partial charge on any atom is -0.492 e. The average molecular weight is 412 g/mol. The second kappa shape index (κ2) is 8.92. The van der Waals surface area contributed by atoms with Gasteiger partial charge in [-0.2, -0.15) is 5.10 Å². The van der Waals surface area contributed by atoms with Crippen LogP contribution in [0.4, 0.5) is 0 Å². The Labute approximate surface area is 174 Å². The third kappa shape index (κ3) is 4.66. The largest absolute Gasteiger partial charge is 0.492 e. The highest BCUT2D eigenvalue weighted by molar-refractivity contribution is 6.43. The number of ether oxygens (including phenoxy) is 1. The van der Waals surface area contributed by atoms with Gasteiger partial charge in [0.15, 0.2) is 0 Å². The first-order valence-corrected chi connectivity index (χ1v) is 9.56. The molecular weight excluding hydrogens is 390 g/mol. The number of aromatic nitrogens is 2. The number of aryl methyl sites for hydroxylation is 1. The molecule has 0 aliphatic heterocycles. The number of rotatable bonds is 7. The molecule has 0 spiro atoms. The molecule has 0 radical (unpaired) electrons. The van der Waals surface area contributed by atoms with Crippen LogP contribution >= 0.6 is 11.6 Å².